The fourth-order valence-electron chi connectivity index (χ4n) is 2.52. The van der Waals surface area contributed by atoms with Gasteiger partial charge in [-0.3, -0.25) is 0 Å². The number of hydrogen-bond donors (Lipinski definition) is 0. The van der Waals surface area contributed by atoms with Gasteiger partial charge in [-0.2, -0.15) is 0 Å². The van der Waals surface area contributed by atoms with Gasteiger partial charge in [0.1, 0.15) is 11.5 Å². The summed E-state index contributed by atoms with van der Waals surface area (Å²) in [6.45, 7) is 2.11. The van der Waals surface area contributed by atoms with E-state index in [1.807, 2.05) is 0 Å². The van der Waals surface area contributed by atoms with E-state index >= 15 is 0 Å². The molecule has 0 radical (unpaired) electrons. The van der Waals surface area contributed by atoms with Crippen molar-refractivity contribution in [2.45, 2.75) is 24.6 Å². The molecule has 20 heavy (non-hydrogen) atoms. The summed E-state index contributed by atoms with van der Waals surface area (Å²) in [7, 11) is 0. The van der Waals surface area contributed by atoms with E-state index in [4.69, 9.17) is 4.42 Å². The molecule has 1 nitrogen and oxygen atoms in total. The zero-order valence-electron chi connectivity index (χ0n) is 11.5. The quantitative estimate of drug-likeness (QED) is 0.562. The van der Waals surface area contributed by atoms with Crippen molar-refractivity contribution in [3.63, 3.8) is 0 Å². The number of benzene rings is 2. The second-order valence-corrected chi connectivity index (χ2v) is 6.07. The van der Waals surface area contributed by atoms with Gasteiger partial charge >= 0.3 is 0 Å². The normalized spacial score (nSPS) is 12.7. The second kappa shape index (κ2) is 5.84. The van der Waals surface area contributed by atoms with Crippen molar-refractivity contribution in [2.24, 2.45) is 0 Å². The van der Waals surface area contributed by atoms with E-state index in [1.54, 1.807) is 0 Å². The van der Waals surface area contributed by atoms with E-state index in [9.17, 15) is 0 Å². The minimum Gasteiger partial charge on any atom is -0.465 e. The van der Waals surface area contributed by atoms with Gasteiger partial charge in [0, 0.05) is 6.42 Å². The maximum absolute atomic E-state index is 5.83. The van der Waals surface area contributed by atoms with Crippen molar-refractivity contribution in [2.75, 3.05) is 0 Å². The van der Waals surface area contributed by atoms with Gasteiger partial charge < -0.3 is 4.42 Å². The predicted octanol–water partition coefficient (Wildman–Crippen LogP) is 5.67. The summed E-state index contributed by atoms with van der Waals surface area (Å²) in [6.07, 6.45) is 1.87. The lowest BCUT2D eigenvalue weighted by atomic mass is 10.0. The monoisotopic (exact) mass is 328 g/mol. The average molecular weight is 329 g/mol. The van der Waals surface area contributed by atoms with Crippen molar-refractivity contribution in [3.05, 3.63) is 71.7 Å². The molecule has 0 saturated carbocycles. The van der Waals surface area contributed by atoms with E-state index in [-0.39, 0.29) is 4.83 Å². The first-order chi connectivity index (χ1) is 9.78. The molecule has 3 rings (SSSR count). The Balaban J connectivity index is 1.89. The molecular formula is C18H17BrO. The van der Waals surface area contributed by atoms with Crippen molar-refractivity contribution in [1.82, 2.24) is 0 Å². The number of hydrogen-bond acceptors (Lipinski definition) is 1. The Morgan fingerprint density at radius 1 is 1.00 bits per heavy atom. The van der Waals surface area contributed by atoms with Gasteiger partial charge in [0.2, 0.25) is 0 Å². The Morgan fingerprint density at radius 2 is 1.80 bits per heavy atom. The van der Waals surface area contributed by atoms with Gasteiger partial charge in [-0.25, -0.2) is 0 Å². The molecule has 2 aromatic carbocycles. The standard InChI is InChI=1S/C18H17BrO/c1-2-15-10-11-18(20-15)17(19)12-14-8-5-7-13-6-3-4-9-16(13)14/h3-11,17H,2,12H2,1H3. The highest BCUT2D eigenvalue weighted by Crippen LogP contribution is 2.31. The minimum atomic E-state index is 0.216. The summed E-state index contributed by atoms with van der Waals surface area (Å²) in [6, 6.07) is 19.1. The molecule has 0 aliphatic rings. The van der Waals surface area contributed by atoms with Crippen molar-refractivity contribution in [1.29, 1.82) is 0 Å². The summed E-state index contributed by atoms with van der Waals surface area (Å²) >= 11 is 3.76. The van der Waals surface area contributed by atoms with Crippen LogP contribution in [0.15, 0.2) is 59.0 Å². The van der Waals surface area contributed by atoms with E-state index < -0.39 is 0 Å². The van der Waals surface area contributed by atoms with Crippen LogP contribution in [0.5, 0.6) is 0 Å². The van der Waals surface area contributed by atoms with Crippen molar-refractivity contribution in [3.8, 4) is 0 Å². The van der Waals surface area contributed by atoms with Gasteiger partial charge in [-0.15, -0.1) is 0 Å². The summed E-state index contributed by atoms with van der Waals surface area (Å²) in [5.41, 5.74) is 1.35. The van der Waals surface area contributed by atoms with Gasteiger partial charge in [0.25, 0.3) is 0 Å². The van der Waals surface area contributed by atoms with Crippen LogP contribution in [0, 0.1) is 0 Å². The average Bonchev–Trinajstić information content (AvgIpc) is 2.97. The summed E-state index contributed by atoms with van der Waals surface area (Å²) in [4.78, 5) is 0.216. The Morgan fingerprint density at radius 3 is 2.60 bits per heavy atom. The first kappa shape index (κ1) is 13.4. The number of alkyl halides is 1. The van der Waals surface area contributed by atoms with E-state index in [0.29, 0.717) is 0 Å². The van der Waals surface area contributed by atoms with Crippen LogP contribution in [0.25, 0.3) is 10.8 Å². The van der Waals surface area contributed by atoms with Crippen molar-refractivity contribution < 1.29 is 4.42 Å². The molecule has 0 aliphatic heterocycles. The first-order valence-corrected chi connectivity index (χ1v) is 7.89. The maximum Gasteiger partial charge on any atom is 0.118 e. The third-order valence-electron chi connectivity index (χ3n) is 3.62. The Kier molecular flexibility index (Phi) is 3.93. The highest BCUT2D eigenvalue weighted by Gasteiger charge is 2.14. The van der Waals surface area contributed by atoms with E-state index in [0.717, 1.165) is 24.4 Å². The lowest BCUT2D eigenvalue weighted by Gasteiger charge is -2.10. The molecule has 102 valence electrons. The Labute approximate surface area is 127 Å². The number of rotatable bonds is 4. The fourth-order valence-corrected chi connectivity index (χ4v) is 3.11. The molecule has 0 N–H and O–H groups in total. The molecule has 3 aromatic rings. The minimum absolute atomic E-state index is 0.216. The zero-order chi connectivity index (χ0) is 13.9. The van der Waals surface area contributed by atoms with Crippen LogP contribution < -0.4 is 0 Å². The molecule has 1 atom stereocenters. The van der Waals surface area contributed by atoms with Crippen LogP contribution in [0.2, 0.25) is 0 Å². The van der Waals surface area contributed by atoms with Gasteiger partial charge in [0.15, 0.2) is 0 Å². The molecule has 1 heterocycles. The Bertz CT molecular complexity index is 709. The van der Waals surface area contributed by atoms with Gasteiger partial charge in [0.05, 0.1) is 4.83 Å². The second-order valence-electron chi connectivity index (χ2n) is 4.97. The summed E-state index contributed by atoms with van der Waals surface area (Å²) in [5, 5.41) is 2.61. The van der Waals surface area contributed by atoms with Crippen LogP contribution in [0.1, 0.15) is 28.8 Å². The van der Waals surface area contributed by atoms with Gasteiger partial charge in [-0.1, -0.05) is 65.3 Å². The Hall–Kier alpha value is -1.54. The van der Waals surface area contributed by atoms with Crippen LogP contribution in [-0.4, -0.2) is 0 Å². The van der Waals surface area contributed by atoms with E-state index in [2.05, 4.69) is 77.5 Å². The first-order valence-electron chi connectivity index (χ1n) is 6.97. The molecular weight excluding hydrogens is 312 g/mol. The third kappa shape index (κ3) is 2.66. The topological polar surface area (TPSA) is 13.1 Å². The van der Waals surface area contributed by atoms with E-state index in [1.165, 1.54) is 16.3 Å². The van der Waals surface area contributed by atoms with Crippen LogP contribution in [-0.2, 0) is 12.8 Å². The fraction of sp³-hybridized carbons (Fsp3) is 0.222. The largest absolute Gasteiger partial charge is 0.465 e. The molecule has 0 bridgehead atoms. The SMILES string of the molecule is CCc1ccc(C(Br)Cc2cccc3ccccc23)o1. The van der Waals surface area contributed by atoms with Crippen molar-refractivity contribution >= 4 is 26.7 Å². The number of furan rings is 1. The van der Waals surface area contributed by atoms with Crippen LogP contribution >= 0.6 is 15.9 Å². The highest BCUT2D eigenvalue weighted by atomic mass is 79.9. The zero-order valence-corrected chi connectivity index (χ0v) is 13.1. The molecule has 0 amide bonds. The lowest BCUT2D eigenvalue weighted by Crippen LogP contribution is -1.95. The predicted molar refractivity (Wildman–Crippen MR) is 87.4 cm³/mol. The molecule has 0 saturated heterocycles. The number of fused-ring (bicyclic) bond motifs is 1. The van der Waals surface area contributed by atoms with Crippen LogP contribution in [0.4, 0.5) is 0 Å². The third-order valence-corrected chi connectivity index (χ3v) is 4.39. The van der Waals surface area contributed by atoms with Gasteiger partial charge in [-0.05, 0) is 34.9 Å². The lowest BCUT2D eigenvalue weighted by molar-refractivity contribution is 0.467. The summed E-state index contributed by atoms with van der Waals surface area (Å²) in [5.74, 6) is 2.05. The maximum atomic E-state index is 5.83. The molecule has 2 heteroatoms. The molecule has 0 fully saturated rings. The molecule has 1 unspecified atom stereocenters. The van der Waals surface area contributed by atoms with Crippen LogP contribution in [0.3, 0.4) is 0 Å². The number of aryl methyl sites for hydroxylation is 1. The molecule has 1 aromatic heterocycles. The molecule has 0 aliphatic carbocycles. The smallest absolute Gasteiger partial charge is 0.118 e. The summed E-state index contributed by atoms with van der Waals surface area (Å²) < 4.78 is 5.83. The number of halogens is 1. The molecule has 0 spiro atoms. The highest BCUT2D eigenvalue weighted by molar-refractivity contribution is 9.09.